The predicted molar refractivity (Wildman–Crippen MR) is 63.8 cm³/mol. The van der Waals surface area contributed by atoms with Crippen LogP contribution in [0.25, 0.3) is 0 Å². The van der Waals surface area contributed by atoms with Gasteiger partial charge in [0.25, 0.3) is 0 Å². The zero-order chi connectivity index (χ0) is 12.9. The molecule has 1 N–H and O–H groups in total. The lowest BCUT2D eigenvalue weighted by Gasteiger charge is -2.34. The molecule has 0 saturated heterocycles. The number of halogens is 3. The molecule has 0 aromatic heterocycles. The summed E-state index contributed by atoms with van der Waals surface area (Å²) in [6.45, 7) is 3.68. The van der Waals surface area contributed by atoms with Crippen molar-refractivity contribution in [3.05, 3.63) is 12.7 Å². The van der Waals surface area contributed by atoms with Crippen molar-refractivity contribution < 1.29 is 13.2 Å². The van der Waals surface area contributed by atoms with Crippen LogP contribution in [-0.2, 0) is 0 Å². The molecule has 1 aliphatic carbocycles. The van der Waals surface area contributed by atoms with Crippen molar-refractivity contribution in [3.8, 4) is 0 Å². The summed E-state index contributed by atoms with van der Waals surface area (Å²) in [6, 6.07) is 0.335. The third-order valence-corrected chi connectivity index (χ3v) is 3.86. The Balaban J connectivity index is 2.41. The van der Waals surface area contributed by atoms with Crippen molar-refractivity contribution in [1.82, 2.24) is 5.32 Å². The Bertz CT molecular complexity index is 229. The summed E-state index contributed by atoms with van der Waals surface area (Å²) in [5.41, 5.74) is 0. The second kappa shape index (κ2) is 6.43. The van der Waals surface area contributed by atoms with Gasteiger partial charge >= 0.3 is 6.18 Å². The fourth-order valence-corrected chi connectivity index (χ4v) is 2.76. The van der Waals surface area contributed by atoms with Crippen molar-refractivity contribution in [3.63, 3.8) is 0 Å². The largest absolute Gasteiger partial charge is 0.391 e. The lowest BCUT2D eigenvalue weighted by Crippen LogP contribution is -2.38. The number of rotatable bonds is 5. The molecule has 17 heavy (non-hydrogen) atoms. The van der Waals surface area contributed by atoms with Gasteiger partial charge in [-0.1, -0.05) is 6.08 Å². The summed E-state index contributed by atoms with van der Waals surface area (Å²) < 4.78 is 37.6. The van der Waals surface area contributed by atoms with Crippen molar-refractivity contribution in [2.24, 2.45) is 11.8 Å². The Morgan fingerprint density at radius 1 is 1.29 bits per heavy atom. The van der Waals surface area contributed by atoms with Crippen molar-refractivity contribution >= 4 is 0 Å². The maximum absolute atomic E-state index is 12.5. The van der Waals surface area contributed by atoms with Crippen LogP contribution in [-0.4, -0.2) is 19.3 Å². The lowest BCUT2D eigenvalue weighted by atomic mass is 9.77. The highest BCUT2D eigenvalue weighted by atomic mass is 19.4. The van der Waals surface area contributed by atoms with Gasteiger partial charge in [0.2, 0.25) is 0 Å². The van der Waals surface area contributed by atoms with Gasteiger partial charge in [0.05, 0.1) is 5.92 Å². The third-order valence-electron chi connectivity index (χ3n) is 3.86. The standard InChI is InChI=1S/C13H22F3N/c1-3-4-5-12(17-2)10-6-8-11(9-7-10)13(14,15)16/h3,10-12,17H,1,4-9H2,2H3. The number of hydrogen-bond donors (Lipinski definition) is 1. The van der Waals surface area contributed by atoms with E-state index in [2.05, 4.69) is 11.9 Å². The minimum Gasteiger partial charge on any atom is -0.317 e. The second-order valence-corrected chi connectivity index (χ2v) is 4.91. The van der Waals surface area contributed by atoms with Gasteiger partial charge in [-0.25, -0.2) is 0 Å². The van der Waals surface area contributed by atoms with Gasteiger partial charge in [0.1, 0.15) is 0 Å². The Morgan fingerprint density at radius 3 is 2.29 bits per heavy atom. The van der Waals surface area contributed by atoms with Gasteiger partial charge in [-0.2, -0.15) is 13.2 Å². The Hall–Kier alpha value is -0.510. The van der Waals surface area contributed by atoms with E-state index in [4.69, 9.17) is 0 Å². The molecular formula is C13H22F3N. The fraction of sp³-hybridized carbons (Fsp3) is 0.846. The van der Waals surface area contributed by atoms with Gasteiger partial charge in [-0.3, -0.25) is 0 Å². The van der Waals surface area contributed by atoms with Crippen LogP contribution in [0.4, 0.5) is 13.2 Å². The number of allylic oxidation sites excluding steroid dienone is 1. The van der Waals surface area contributed by atoms with Crippen LogP contribution in [0, 0.1) is 11.8 Å². The monoisotopic (exact) mass is 249 g/mol. The molecule has 4 heteroatoms. The van der Waals surface area contributed by atoms with Gasteiger partial charge in [-0.05, 0) is 51.5 Å². The average molecular weight is 249 g/mol. The van der Waals surface area contributed by atoms with E-state index < -0.39 is 12.1 Å². The summed E-state index contributed by atoms with van der Waals surface area (Å²) in [7, 11) is 1.89. The molecule has 1 fully saturated rings. The Morgan fingerprint density at radius 2 is 1.88 bits per heavy atom. The first kappa shape index (κ1) is 14.6. The van der Waals surface area contributed by atoms with Crippen LogP contribution < -0.4 is 5.32 Å². The predicted octanol–water partition coefficient (Wildman–Crippen LogP) is 3.91. The highest BCUT2D eigenvalue weighted by Crippen LogP contribution is 2.40. The first-order valence-electron chi connectivity index (χ1n) is 6.34. The molecule has 0 radical (unpaired) electrons. The fourth-order valence-electron chi connectivity index (χ4n) is 2.76. The maximum atomic E-state index is 12.5. The molecule has 0 aliphatic heterocycles. The zero-order valence-corrected chi connectivity index (χ0v) is 10.4. The Labute approximate surface area is 101 Å². The maximum Gasteiger partial charge on any atom is 0.391 e. The minimum atomic E-state index is -4.00. The van der Waals surface area contributed by atoms with Gasteiger partial charge in [-0.15, -0.1) is 6.58 Å². The van der Waals surface area contributed by atoms with Crippen LogP contribution in [0.1, 0.15) is 38.5 Å². The summed E-state index contributed by atoms with van der Waals surface area (Å²) >= 11 is 0. The number of hydrogen-bond acceptors (Lipinski definition) is 1. The highest BCUT2D eigenvalue weighted by molar-refractivity contribution is 4.85. The van der Waals surface area contributed by atoms with Crippen LogP contribution in [0.5, 0.6) is 0 Å². The molecule has 1 unspecified atom stereocenters. The smallest absolute Gasteiger partial charge is 0.317 e. The molecule has 0 aromatic rings. The number of nitrogens with one attached hydrogen (secondary N) is 1. The Kier molecular flexibility index (Phi) is 5.50. The molecule has 1 saturated carbocycles. The third kappa shape index (κ3) is 4.34. The van der Waals surface area contributed by atoms with Gasteiger partial charge in [0, 0.05) is 6.04 Å². The first-order chi connectivity index (χ1) is 7.99. The molecule has 1 aliphatic rings. The molecule has 0 heterocycles. The van der Waals surface area contributed by atoms with Crippen molar-refractivity contribution in [1.29, 1.82) is 0 Å². The van der Waals surface area contributed by atoms with Gasteiger partial charge in [0.15, 0.2) is 0 Å². The van der Waals surface area contributed by atoms with Crippen LogP contribution in [0.2, 0.25) is 0 Å². The van der Waals surface area contributed by atoms with E-state index in [9.17, 15) is 13.2 Å². The average Bonchev–Trinajstić information content (AvgIpc) is 2.29. The van der Waals surface area contributed by atoms with E-state index in [1.165, 1.54) is 0 Å². The molecule has 1 atom stereocenters. The topological polar surface area (TPSA) is 12.0 Å². The van der Waals surface area contributed by atoms with E-state index in [-0.39, 0.29) is 0 Å². The first-order valence-corrected chi connectivity index (χ1v) is 6.34. The molecule has 0 amide bonds. The summed E-state index contributed by atoms with van der Waals surface area (Å²) in [5, 5.41) is 3.23. The molecule has 0 bridgehead atoms. The quantitative estimate of drug-likeness (QED) is 0.728. The molecule has 1 nitrogen and oxygen atoms in total. The van der Waals surface area contributed by atoms with Crippen molar-refractivity contribution in [2.75, 3.05) is 7.05 Å². The molecular weight excluding hydrogens is 227 g/mol. The molecule has 100 valence electrons. The van der Waals surface area contributed by atoms with E-state index in [1.807, 2.05) is 13.1 Å². The zero-order valence-electron chi connectivity index (χ0n) is 10.4. The summed E-state index contributed by atoms with van der Waals surface area (Å²) in [5.74, 6) is -0.686. The highest BCUT2D eigenvalue weighted by Gasteiger charge is 2.42. The van der Waals surface area contributed by atoms with Crippen molar-refractivity contribution in [2.45, 2.75) is 50.7 Å². The van der Waals surface area contributed by atoms with Crippen LogP contribution in [0.15, 0.2) is 12.7 Å². The SMILES string of the molecule is C=CCCC(NC)C1CCC(C(F)(F)F)CC1. The van der Waals surface area contributed by atoms with Gasteiger partial charge < -0.3 is 5.32 Å². The van der Waals surface area contributed by atoms with E-state index >= 15 is 0 Å². The van der Waals surface area contributed by atoms with Crippen LogP contribution in [0.3, 0.4) is 0 Å². The van der Waals surface area contributed by atoms with E-state index in [0.717, 1.165) is 12.8 Å². The minimum absolute atomic E-state index is 0.292. The molecule has 1 rings (SSSR count). The summed E-state index contributed by atoms with van der Waals surface area (Å²) in [6.07, 6.45) is 1.72. The second-order valence-electron chi connectivity index (χ2n) is 4.91. The molecule has 0 aromatic carbocycles. The summed E-state index contributed by atoms with van der Waals surface area (Å²) in [4.78, 5) is 0. The lowest BCUT2D eigenvalue weighted by molar-refractivity contribution is -0.184. The number of alkyl halides is 3. The van der Waals surface area contributed by atoms with E-state index in [1.54, 1.807) is 0 Å². The van der Waals surface area contributed by atoms with Crippen LogP contribution >= 0.6 is 0 Å². The molecule has 0 spiro atoms. The van der Waals surface area contributed by atoms with E-state index in [0.29, 0.717) is 37.6 Å². The normalized spacial score (nSPS) is 27.8.